The van der Waals surface area contributed by atoms with E-state index in [4.69, 9.17) is 0 Å². The van der Waals surface area contributed by atoms with Crippen LogP contribution in [0, 0.1) is 0 Å². The Balaban J connectivity index is 0.00000128. The molecule has 0 aliphatic carbocycles. The molecule has 1 aromatic heterocycles. The summed E-state index contributed by atoms with van der Waals surface area (Å²) >= 11 is 0. The summed E-state index contributed by atoms with van der Waals surface area (Å²) in [4.78, 5) is 11.7. The number of hydrogen-bond acceptors (Lipinski definition) is 3. The minimum absolute atomic E-state index is 0. The van der Waals surface area contributed by atoms with Crippen LogP contribution in [0.15, 0.2) is 12.4 Å². The number of anilines is 1. The van der Waals surface area contributed by atoms with Gasteiger partial charge in [0.15, 0.2) is 0 Å². The maximum absolute atomic E-state index is 11.7. The number of carbonyl (C=O) groups is 1. The number of nitrogens with zero attached hydrogens (tertiary/aromatic N) is 2. The van der Waals surface area contributed by atoms with Crippen LogP contribution in [0.25, 0.3) is 0 Å². The summed E-state index contributed by atoms with van der Waals surface area (Å²) in [7, 11) is 0. The van der Waals surface area contributed by atoms with Gasteiger partial charge in [-0.3, -0.25) is 9.48 Å². The van der Waals surface area contributed by atoms with Crippen molar-refractivity contribution in [3.05, 3.63) is 12.4 Å². The number of nitrogens with one attached hydrogen (secondary N) is 2. The van der Waals surface area contributed by atoms with Gasteiger partial charge in [-0.2, -0.15) is 5.10 Å². The Morgan fingerprint density at radius 2 is 2.56 bits per heavy atom. The molecule has 1 fully saturated rings. The molecule has 1 aliphatic heterocycles. The second-order valence-corrected chi connectivity index (χ2v) is 3.72. The van der Waals surface area contributed by atoms with Crippen molar-refractivity contribution in [2.45, 2.75) is 32.4 Å². The van der Waals surface area contributed by atoms with Gasteiger partial charge in [-0.05, 0) is 26.3 Å². The monoisotopic (exact) mass is 244 g/mol. The molecule has 0 saturated carbocycles. The van der Waals surface area contributed by atoms with Crippen LogP contribution in [0.2, 0.25) is 0 Å². The smallest absolute Gasteiger partial charge is 0.241 e. The van der Waals surface area contributed by atoms with Crippen LogP contribution in [0.3, 0.4) is 0 Å². The molecule has 1 amide bonds. The molecule has 2 rings (SSSR count). The number of halogens is 1. The highest BCUT2D eigenvalue weighted by molar-refractivity contribution is 5.94. The Labute approximate surface area is 101 Å². The quantitative estimate of drug-likeness (QED) is 0.835. The van der Waals surface area contributed by atoms with Crippen LogP contribution in [0.1, 0.15) is 19.8 Å². The van der Waals surface area contributed by atoms with E-state index in [0.717, 1.165) is 31.6 Å². The standard InChI is InChI=1S/C10H16N4O.ClH/c1-2-14-7-8(6-12-14)13-10(15)9-4-3-5-11-9;/h6-7,9,11H,2-5H2,1H3,(H,13,15);1H/t9-;/m0./s1. The first-order valence-electron chi connectivity index (χ1n) is 5.36. The maximum atomic E-state index is 11.7. The Hall–Kier alpha value is -1.07. The number of carbonyl (C=O) groups excluding carboxylic acids is 1. The van der Waals surface area contributed by atoms with E-state index in [1.54, 1.807) is 10.9 Å². The molecule has 1 aromatic rings. The number of amides is 1. The second kappa shape index (κ2) is 5.86. The highest BCUT2D eigenvalue weighted by Crippen LogP contribution is 2.09. The molecule has 2 heterocycles. The second-order valence-electron chi connectivity index (χ2n) is 3.72. The molecule has 6 heteroatoms. The Bertz CT molecular complexity index is 346. The molecule has 0 aromatic carbocycles. The first-order chi connectivity index (χ1) is 7.29. The van der Waals surface area contributed by atoms with Gasteiger partial charge in [0.1, 0.15) is 0 Å². The lowest BCUT2D eigenvalue weighted by Crippen LogP contribution is -2.35. The molecule has 2 N–H and O–H groups in total. The molecular weight excluding hydrogens is 228 g/mol. The lowest BCUT2D eigenvalue weighted by molar-refractivity contribution is -0.117. The van der Waals surface area contributed by atoms with Crippen LogP contribution in [0.5, 0.6) is 0 Å². The van der Waals surface area contributed by atoms with Crippen LogP contribution in [-0.2, 0) is 11.3 Å². The highest BCUT2D eigenvalue weighted by Gasteiger charge is 2.21. The molecule has 1 saturated heterocycles. The predicted molar refractivity (Wildman–Crippen MR) is 64.8 cm³/mol. The fraction of sp³-hybridized carbons (Fsp3) is 0.600. The van der Waals surface area contributed by atoms with Crippen molar-refractivity contribution in [3.63, 3.8) is 0 Å². The van der Waals surface area contributed by atoms with Crippen molar-refractivity contribution >= 4 is 24.0 Å². The number of hydrogen-bond donors (Lipinski definition) is 2. The van der Waals surface area contributed by atoms with E-state index >= 15 is 0 Å². The third kappa shape index (κ3) is 2.96. The first-order valence-corrected chi connectivity index (χ1v) is 5.36. The van der Waals surface area contributed by atoms with Gasteiger partial charge >= 0.3 is 0 Å². The molecule has 16 heavy (non-hydrogen) atoms. The molecule has 0 spiro atoms. The SMILES string of the molecule is CCn1cc(NC(=O)[C@@H]2CCCN2)cn1.Cl. The van der Waals surface area contributed by atoms with Gasteiger partial charge in [0, 0.05) is 12.7 Å². The molecule has 0 unspecified atom stereocenters. The Morgan fingerprint density at radius 3 is 3.12 bits per heavy atom. The molecule has 1 atom stereocenters. The average molecular weight is 245 g/mol. The highest BCUT2D eigenvalue weighted by atomic mass is 35.5. The van der Waals surface area contributed by atoms with Crippen LogP contribution in [-0.4, -0.2) is 28.3 Å². The maximum Gasteiger partial charge on any atom is 0.241 e. The average Bonchev–Trinajstić information content (AvgIpc) is 2.87. The van der Waals surface area contributed by atoms with Crippen molar-refractivity contribution in [2.24, 2.45) is 0 Å². The molecule has 0 radical (unpaired) electrons. The van der Waals surface area contributed by atoms with Gasteiger partial charge in [0.2, 0.25) is 5.91 Å². The summed E-state index contributed by atoms with van der Waals surface area (Å²) in [5, 5.41) is 10.1. The predicted octanol–water partition coefficient (Wildman–Crippen LogP) is 1.02. The third-order valence-corrected chi connectivity index (χ3v) is 2.60. The van der Waals surface area contributed by atoms with Gasteiger partial charge in [-0.15, -0.1) is 12.4 Å². The van der Waals surface area contributed by atoms with Crippen LogP contribution in [0.4, 0.5) is 5.69 Å². The number of aromatic nitrogens is 2. The minimum Gasteiger partial charge on any atom is -0.322 e. The third-order valence-electron chi connectivity index (χ3n) is 2.60. The van der Waals surface area contributed by atoms with Crippen molar-refractivity contribution in [3.8, 4) is 0 Å². The fourth-order valence-electron chi connectivity index (χ4n) is 1.74. The lowest BCUT2D eigenvalue weighted by atomic mass is 10.2. The largest absolute Gasteiger partial charge is 0.322 e. The summed E-state index contributed by atoms with van der Waals surface area (Å²) < 4.78 is 1.79. The van der Waals surface area contributed by atoms with E-state index in [2.05, 4.69) is 15.7 Å². The zero-order valence-electron chi connectivity index (χ0n) is 9.27. The van der Waals surface area contributed by atoms with Gasteiger partial charge in [0.05, 0.1) is 17.9 Å². The summed E-state index contributed by atoms with van der Waals surface area (Å²) in [6, 6.07) is -0.0324. The van der Waals surface area contributed by atoms with Crippen molar-refractivity contribution in [2.75, 3.05) is 11.9 Å². The van der Waals surface area contributed by atoms with E-state index in [-0.39, 0.29) is 24.4 Å². The lowest BCUT2D eigenvalue weighted by Gasteiger charge is -2.08. The Kier molecular flexibility index (Phi) is 4.76. The van der Waals surface area contributed by atoms with E-state index in [0.29, 0.717) is 0 Å². The van der Waals surface area contributed by atoms with Crippen molar-refractivity contribution < 1.29 is 4.79 Å². The van der Waals surface area contributed by atoms with E-state index in [9.17, 15) is 4.79 Å². The van der Waals surface area contributed by atoms with E-state index in [1.807, 2.05) is 13.1 Å². The summed E-state index contributed by atoms with van der Waals surface area (Å²) in [5.41, 5.74) is 0.774. The van der Waals surface area contributed by atoms with E-state index in [1.165, 1.54) is 0 Å². The van der Waals surface area contributed by atoms with Crippen LogP contribution >= 0.6 is 12.4 Å². The van der Waals surface area contributed by atoms with Gasteiger partial charge < -0.3 is 10.6 Å². The zero-order chi connectivity index (χ0) is 10.7. The van der Waals surface area contributed by atoms with Gasteiger partial charge in [0.25, 0.3) is 0 Å². The van der Waals surface area contributed by atoms with Crippen LogP contribution < -0.4 is 10.6 Å². The van der Waals surface area contributed by atoms with Crippen molar-refractivity contribution in [1.82, 2.24) is 15.1 Å². The normalized spacial score (nSPS) is 19.2. The van der Waals surface area contributed by atoms with Gasteiger partial charge in [-0.25, -0.2) is 0 Å². The summed E-state index contributed by atoms with van der Waals surface area (Å²) in [6.07, 6.45) is 5.52. The van der Waals surface area contributed by atoms with Gasteiger partial charge in [-0.1, -0.05) is 0 Å². The molecule has 5 nitrogen and oxygen atoms in total. The number of rotatable bonds is 3. The minimum atomic E-state index is -0.0324. The Morgan fingerprint density at radius 1 is 1.75 bits per heavy atom. The molecular formula is C10H17ClN4O. The first kappa shape index (κ1) is 13.0. The topological polar surface area (TPSA) is 59.0 Å². The molecule has 90 valence electrons. The van der Waals surface area contributed by atoms with E-state index < -0.39 is 0 Å². The number of aryl methyl sites for hydroxylation is 1. The fourth-order valence-corrected chi connectivity index (χ4v) is 1.74. The summed E-state index contributed by atoms with van der Waals surface area (Å²) in [6.45, 7) is 3.76. The summed E-state index contributed by atoms with van der Waals surface area (Å²) in [5.74, 6) is 0.0446. The van der Waals surface area contributed by atoms with Crippen molar-refractivity contribution in [1.29, 1.82) is 0 Å². The zero-order valence-corrected chi connectivity index (χ0v) is 10.1. The molecule has 0 bridgehead atoms. The molecule has 1 aliphatic rings.